The van der Waals surface area contributed by atoms with Crippen molar-refractivity contribution in [3.05, 3.63) is 35.4 Å². The molecule has 0 heterocycles. The molecule has 24 heavy (non-hydrogen) atoms. The van der Waals surface area contributed by atoms with Gasteiger partial charge in [-0.15, -0.1) is 0 Å². The average molecular weight is 334 g/mol. The fraction of sp³-hybridized carbons (Fsp3) is 0.579. The minimum absolute atomic E-state index is 0.165. The van der Waals surface area contributed by atoms with Crippen LogP contribution in [0.15, 0.2) is 24.3 Å². The zero-order chi connectivity index (χ0) is 18.5. The van der Waals surface area contributed by atoms with Crippen LogP contribution in [0, 0.1) is 0 Å². The molecule has 1 rings (SSSR count). The number of hydrogen-bond donors (Lipinski definition) is 2. The van der Waals surface area contributed by atoms with E-state index in [2.05, 4.69) is 24.5 Å². The van der Waals surface area contributed by atoms with Crippen molar-refractivity contribution in [1.82, 2.24) is 10.6 Å². The van der Waals surface area contributed by atoms with E-state index in [1.807, 2.05) is 38.1 Å². The van der Waals surface area contributed by atoms with Gasteiger partial charge in [-0.2, -0.15) is 0 Å². The Bertz CT molecular complexity index is 569. The summed E-state index contributed by atoms with van der Waals surface area (Å²) in [5, 5.41) is 5.61. The van der Waals surface area contributed by atoms with E-state index in [4.69, 9.17) is 4.74 Å². The topological polar surface area (TPSA) is 67.4 Å². The third-order valence-electron chi connectivity index (χ3n) is 3.37. The second kappa shape index (κ2) is 7.69. The Morgan fingerprint density at radius 2 is 1.58 bits per heavy atom. The largest absolute Gasteiger partial charge is 0.444 e. The highest BCUT2D eigenvalue weighted by Crippen LogP contribution is 2.15. The lowest BCUT2D eigenvalue weighted by Gasteiger charge is -2.28. The quantitative estimate of drug-likeness (QED) is 0.859. The number of carbonyl (C=O) groups is 2. The molecule has 1 aromatic carbocycles. The minimum Gasteiger partial charge on any atom is -0.444 e. The lowest BCUT2D eigenvalue weighted by molar-refractivity contribution is 0.0509. The molecule has 0 saturated heterocycles. The standard InChI is InChI=1S/C19H30N2O3/c1-13(2)14-8-10-15(11-9-14)16(22)21-19(6,7)12-20-17(23)24-18(3,4)5/h8-11,13H,12H2,1-7H3,(H,20,23)(H,21,22). The van der Waals surface area contributed by atoms with Crippen LogP contribution in [-0.2, 0) is 4.74 Å². The molecule has 2 amide bonds. The van der Waals surface area contributed by atoms with E-state index in [0.717, 1.165) is 0 Å². The van der Waals surface area contributed by atoms with Gasteiger partial charge in [-0.1, -0.05) is 26.0 Å². The van der Waals surface area contributed by atoms with Crippen LogP contribution in [0.3, 0.4) is 0 Å². The summed E-state index contributed by atoms with van der Waals surface area (Å²) in [7, 11) is 0. The fourth-order valence-electron chi connectivity index (χ4n) is 2.05. The number of amides is 2. The van der Waals surface area contributed by atoms with Gasteiger partial charge in [-0.25, -0.2) is 4.79 Å². The second-order valence-electron chi connectivity index (χ2n) is 7.97. The van der Waals surface area contributed by atoms with Gasteiger partial charge < -0.3 is 15.4 Å². The zero-order valence-electron chi connectivity index (χ0n) is 15.8. The summed E-state index contributed by atoms with van der Waals surface area (Å²) < 4.78 is 5.20. The molecule has 0 atom stereocenters. The summed E-state index contributed by atoms with van der Waals surface area (Å²) in [5.74, 6) is 0.262. The molecule has 0 aliphatic heterocycles. The molecule has 5 heteroatoms. The fourth-order valence-corrected chi connectivity index (χ4v) is 2.05. The predicted molar refractivity (Wildman–Crippen MR) is 96.3 cm³/mol. The van der Waals surface area contributed by atoms with Crippen LogP contribution in [0.5, 0.6) is 0 Å². The number of hydrogen-bond acceptors (Lipinski definition) is 3. The number of ether oxygens (including phenoxy) is 1. The average Bonchev–Trinajstić information content (AvgIpc) is 2.43. The summed E-state index contributed by atoms with van der Waals surface area (Å²) >= 11 is 0. The van der Waals surface area contributed by atoms with E-state index in [9.17, 15) is 9.59 Å². The van der Waals surface area contributed by atoms with Gasteiger partial charge in [0.05, 0.1) is 5.54 Å². The van der Waals surface area contributed by atoms with Crippen LogP contribution >= 0.6 is 0 Å². The van der Waals surface area contributed by atoms with Crippen molar-refractivity contribution in [3.8, 4) is 0 Å². The first-order valence-corrected chi connectivity index (χ1v) is 8.29. The number of rotatable bonds is 5. The number of nitrogens with one attached hydrogen (secondary N) is 2. The molecule has 0 bridgehead atoms. The van der Waals surface area contributed by atoms with E-state index < -0.39 is 17.2 Å². The van der Waals surface area contributed by atoms with Crippen molar-refractivity contribution < 1.29 is 14.3 Å². The van der Waals surface area contributed by atoms with E-state index in [-0.39, 0.29) is 12.5 Å². The summed E-state index contributed by atoms with van der Waals surface area (Å²) in [4.78, 5) is 24.1. The third-order valence-corrected chi connectivity index (χ3v) is 3.37. The van der Waals surface area contributed by atoms with E-state index in [0.29, 0.717) is 11.5 Å². The Kier molecular flexibility index (Phi) is 6.41. The minimum atomic E-state index is -0.593. The predicted octanol–water partition coefficient (Wildman–Crippen LogP) is 3.84. The SMILES string of the molecule is CC(C)c1ccc(C(=O)NC(C)(C)CNC(=O)OC(C)(C)C)cc1. The Morgan fingerprint density at radius 3 is 2.04 bits per heavy atom. The monoisotopic (exact) mass is 334 g/mol. The van der Waals surface area contributed by atoms with Crippen molar-refractivity contribution in [2.45, 2.75) is 65.5 Å². The van der Waals surface area contributed by atoms with E-state index in [1.54, 1.807) is 20.8 Å². The van der Waals surface area contributed by atoms with Crippen molar-refractivity contribution in [3.63, 3.8) is 0 Å². The Hall–Kier alpha value is -2.04. The lowest BCUT2D eigenvalue weighted by atomic mass is 10.0. The number of carbonyl (C=O) groups excluding carboxylic acids is 2. The number of benzene rings is 1. The first-order chi connectivity index (χ1) is 10.9. The van der Waals surface area contributed by atoms with Gasteiger partial charge >= 0.3 is 6.09 Å². The van der Waals surface area contributed by atoms with Crippen LogP contribution in [0.4, 0.5) is 4.79 Å². The van der Waals surface area contributed by atoms with Gasteiger partial charge in [0.1, 0.15) is 5.60 Å². The molecule has 0 radical (unpaired) electrons. The Balaban J connectivity index is 2.59. The maximum atomic E-state index is 12.4. The maximum absolute atomic E-state index is 12.4. The molecule has 134 valence electrons. The second-order valence-corrected chi connectivity index (χ2v) is 7.97. The van der Waals surface area contributed by atoms with E-state index >= 15 is 0 Å². The molecule has 0 saturated carbocycles. The van der Waals surface area contributed by atoms with Crippen LogP contribution < -0.4 is 10.6 Å². The molecule has 5 nitrogen and oxygen atoms in total. The van der Waals surface area contributed by atoms with Crippen molar-refractivity contribution in [1.29, 1.82) is 0 Å². The van der Waals surface area contributed by atoms with Crippen molar-refractivity contribution >= 4 is 12.0 Å². The summed E-state index contributed by atoms with van der Waals surface area (Å²) in [6, 6.07) is 7.57. The molecule has 0 unspecified atom stereocenters. The van der Waals surface area contributed by atoms with Gasteiger partial charge in [0.15, 0.2) is 0 Å². The van der Waals surface area contributed by atoms with Gasteiger partial charge in [0, 0.05) is 12.1 Å². The highest BCUT2D eigenvalue weighted by Gasteiger charge is 2.24. The molecular formula is C19H30N2O3. The molecule has 0 fully saturated rings. The first-order valence-electron chi connectivity index (χ1n) is 8.29. The highest BCUT2D eigenvalue weighted by atomic mass is 16.6. The smallest absolute Gasteiger partial charge is 0.407 e. The number of alkyl carbamates (subject to hydrolysis) is 1. The molecular weight excluding hydrogens is 304 g/mol. The van der Waals surface area contributed by atoms with Crippen LogP contribution in [-0.4, -0.2) is 29.7 Å². The van der Waals surface area contributed by atoms with Crippen LogP contribution in [0.25, 0.3) is 0 Å². The Labute approximate surface area is 145 Å². The highest BCUT2D eigenvalue weighted by molar-refractivity contribution is 5.94. The summed E-state index contributed by atoms with van der Waals surface area (Å²) in [6.45, 7) is 13.6. The van der Waals surface area contributed by atoms with Gasteiger partial charge in [0.2, 0.25) is 0 Å². The molecule has 0 spiro atoms. The van der Waals surface area contributed by atoms with E-state index in [1.165, 1.54) is 5.56 Å². The maximum Gasteiger partial charge on any atom is 0.407 e. The molecule has 0 aliphatic rings. The summed E-state index contributed by atoms with van der Waals surface area (Å²) in [5.41, 5.74) is 0.655. The van der Waals surface area contributed by atoms with Gasteiger partial charge in [-0.3, -0.25) is 4.79 Å². The first kappa shape index (κ1) is 20.0. The van der Waals surface area contributed by atoms with Crippen LogP contribution in [0.2, 0.25) is 0 Å². The van der Waals surface area contributed by atoms with Gasteiger partial charge in [-0.05, 0) is 58.2 Å². The molecule has 2 N–H and O–H groups in total. The van der Waals surface area contributed by atoms with Gasteiger partial charge in [0.25, 0.3) is 5.91 Å². The Morgan fingerprint density at radius 1 is 1.04 bits per heavy atom. The normalized spacial score (nSPS) is 12.0. The summed E-state index contributed by atoms with van der Waals surface area (Å²) in [6.07, 6.45) is -0.494. The molecule has 0 aromatic heterocycles. The van der Waals surface area contributed by atoms with Crippen molar-refractivity contribution in [2.75, 3.05) is 6.54 Å². The lowest BCUT2D eigenvalue weighted by Crippen LogP contribution is -2.52. The molecule has 1 aromatic rings. The zero-order valence-corrected chi connectivity index (χ0v) is 15.8. The van der Waals surface area contributed by atoms with Crippen LogP contribution in [0.1, 0.15) is 70.3 Å². The van der Waals surface area contributed by atoms with Crippen molar-refractivity contribution in [2.24, 2.45) is 0 Å². The third kappa shape index (κ3) is 7.02. The molecule has 0 aliphatic carbocycles.